The van der Waals surface area contributed by atoms with Crippen LogP contribution >= 0.6 is 0 Å². The van der Waals surface area contributed by atoms with E-state index in [0.29, 0.717) is 11.6 Å². The van der Waals surface area contributed by atoms with E-state index in [1.165, 1.54) is 19.5 Å². The Balaban J connectivity index is 2.21. The molecule has 0 aromatic heterocycles. The van der Waals surface area contributed by atoms with Crippen molar-refractivity contribution in [3.8, 4) is 0 Å². The number of ether oxygens (including phenoxy) is 1. The Bertz CT molecular complexity index is 165. The molecule has 1 heterocycles. The lowest BCUT2D eigenvalue weighted by Gasteiger charge is -2.31. The normalized spacial score (nSPS) is 24.4. The number of likely N-dealkylation sites (tertiary alicyclic amines) is 1. The molecule has 1 atom stereocenters. The van der Waals surface area contributed by atoms with Crippen LogP contribution in [0.25, 0.3) is 0 Å². The number of hydrogen-bond donors (Lipinski definition) is 1. The number of rotatable bonds is 4. The van der Waals surface area contributed by atoms with Gasteiger partial charge >= 0.3 is 0 Å². The van der Waals surface area contributed by atoms with Crippen molar-refractivity contribution in [1.82, 2.24) is 10.2 Å². The van der Waals surface area contributed by atoms with Crippen LogP contribution in [0.5, 0.6) is 0 Å². The molecule has 3 nitrogen and oxygen atoms in total. The summed E-state index contributed by atoms with van der Waals surface area (Å²) in [5, 5.41) is 3.52. The van der Waals surface area contributed by atoms with Gasteiger partial charge in [-0.15, -0.1) is 0 Å². The smallest absolute Gasteiger partial charge is 0.0587 e. The summed E-state index contributed by atoms with van der Waals surface area (Å²) in [6.45, 7) is 11.0. The number of nitrogens with one attached hydrogen (secondary N) is 1. The van der Waals surface area contributed by atoms with Crippen molar-refractivity contribution in [2.75, 3.05) is 33.4 Å². The van der Waals surface area contributed by atoms with E-state index < -0.39 is 0 Å². The Morgan fingerprint density at radius 1 is 1.43 bits per heavy atom. The lowest BCUT2D eigenvalue weighted by Crippen LogP contribution is -2.42. The molecule has 1 N–H and O–H groups in total. The van der Waals surface area contributed by atoms with Crippen molar-refractivity contribution in [3.05, 3.63) is 0 Å². The minimum Gasteiger partial charge on any atom is -0.383 e. The molecule has 0 spiro atoms. The van der Waals surface area contributed by atoms with Gasteiger partial charge in [0.2, 0.25) is 0 Å². The molecule has 0 saturated carbocycles. The number of hydrogen-bond acceptors (Lipinski definition) is 3. The lowest BCUT2D eigenvalue weighted by molar-refractivity contribution is 0.167. The molecule has 0 bridgehead atoms. The zero-order valence-corrected chi connectivity index (χ0v) is 9.97. The van der Waals surface area contributed by atoms with Crippen molar-refractivity contribution >= 4 is 0 Å². The fourth-order valence-corrected chi connectivity index (χ4v) is 1.90. The highest BCUT2D eigenvalue weighted by Crippen LogP contribution is 2.20. The average molecular weight is 200 g/mol. The van der Waals surface area contributed by atoms with Crippen molar-refractivity contribution in [3.63, 3.8) is 0 Å². The summed E-state index contributed by atoms with van der Waals surface area (Å²) in [6, 6.07) is 0.657. The van der Waals surface area contributed by atoms with Gasteiger partial charge in [0.25, 0.3) is 0 Å². The van der Waals surface area contributed by atoms with E-state index in [-0.39, 0.29) is 0 Å². The minimum atomic E-state index is 0.317. The molecular weight excluding hydrogens is 176 g/mol. The summed E-state index contributed by atoms with van der Waals surface area (Å²) in [6.07, 6.45) is 1.26. The predicted molar refractivity (Wildman–Crippen MR) is 59.6 cm³/mol. The first-order valence-corrected chi connectivity index (χ1v) is 5.51. The van der Waals surface area contributed by atoms with E-state index in [2.05, 4.69) is 31.0 Å². The van der Waals surface area contributed by atoms with Crippen LogP contribution in [0.15, 0.2) is 0 Å². The second kappa shape index (κ2) is 5.10. The van der Waals surface area contributed by atoms with E-state index in [1.807, 2.05) is 0 Å². The highest BCUT2D eigenvalue weighted by molar-refractivity contribution is 4.87. The van der Waals surface area contributed by atoms with Crippen LogP contribution in [0, 0.1) is 0 Å². The summed E-state index contributed by atoms with van der Waals surface area (Å²) in [5.41, 5.74) is 0.317. The molecule has 0 aliphatic carbocycles. The largest absolute Gasteiger partial charge is 0.383 e. The van der Waals surface area contributed by atoms with E-state index >= 15 is 0 Å². The first-order chi connectivity index (χ1) is 6.54. The highest BCUT2D eigenvalue weighted by atomic mass is 16.5. The van der Waals surface area contributed by atoms with E-state index in [0.717, 1.165) is 13.2 Å². The Labute approximate surface area is 87.8 Å². The molecular formula is C11H24N2O. The molecule has 0 amide bonds. The minimum absolute atomic E-state index is 0.317. The van der Waals surface area contributed by atoms with E-state index in [1.54, 1.807) is 7.11 Å². The van der Waals surface area contributed by atoms with Gasteiger partial charge in [-0.3, -0.25) is 4.90 Å². The van der Waals surface area contributed by atoms with Gasteiger partial charge in [-0.05, 0) is 27.2 Å². The van der Waals surface area contributed by atoms with Gasteiger partial charge in [-0.2, -0.15) is 0 Å². The van der Waals surface area contributed by atoms with Gasteiger partial charge in [0, 0.05) is 38.3 Å². The fourth-order valence-electron chi connectivity index (χ4n) is 1.90. The second-order valence-electron chi connectivity index (χ2n) is 5.05. The van der Waals surface area contributed by atoms with Crippen LogP contribution in [0.1, 0.15) is 27.2 Å². The molecule has 0 radical (unpaired) electrons. The molecule has 1 aliphatic rings. The van der Waals surface area contributed by atoms with Gasteiger partial charge < -0.3 is 10.1 Å². The van der Waals surface area contributed by atoms with Crippen LogP contribution in [0.2, 0.25) is 0 Å². The molecule has 1 rings (SSSR count). The second-order valence-corrected chi connectivity index (χ2v) is 5.05. The Morgan fingerprint density at radius 3 is 2.64 bits per heavy atom. The van der Waals surface area contributed by atoms with Gasteiger partial charge in [0.1, 0.15) is 0 Å². The summed E-state index contributed by atoms with van der Waals surface area (Å²) >= 11 is 0. The van der Waals surface area contributed by atoms with Gasteiger partial charge in [0.05, 0.1) is 6.61 Å². The predicted octanol–water partition coefficient (Wildman–Crippen LogP) is 1.10. The Hall–Kier alpha value is -0.120. The van der Waals surface area contributed by atoms with Crippen LogP contribution in [-0.4, -0.2) is 49.8 Å². The monoisotopic (exact) mass is 200 g/mol. The molecule has 14 heavy (non-hydrogen) atoms. The maximum Gasteiger partial charge on any atom is 0.0587 e. The topological polar surface area (TPSA) is 24.5 Å². The van der Waals surface area contributed by atoms with Gasteiger partial charge in [-0.25, -0.2) is 0 Å². The third-order valence-corrected chi connectivity index (χ3v) is 2.88. The third kappa shape index (κ3) is 3.56. The molecule has 84 valence electrons. The first-order valence-electron chi connectivity index (χ1n) is 5.51. The van der Waals surface area contributed by atoms with Gasteiger partial charge in [0.15, 0.2) is 0 Å². The molecule has 1 unspecified atom stereocenters. The summed E-state index contributed by atoms with van der Waals surface area (Å²) in [4.78, 5) is 2.54. The van der Waals surface area contributed by atoms with E-state index in [4.69, 9.17) is 4.74 Å². The molecule has 1 fully saturated rings. The maximum atomic E-state index is 5.02. The summed E-state index contributed by atoms with van der Waals surface area (Å²) in [5.74, 6) is 0. The highest BCUT2D eigenvalue weighted by Gasteiger charge is 2.29. The van der Waals surface area contributed by atoms with Crippen LogP contribution in [0.4, 0.5) is 0 Å². The van der Waals surface area contributed by atoms with Crippen LogP contribution in [0.3, 0.4) is 0 Å². The third-order valence-electron chi connectivity index (χ3n) is 2.88. The summed E-state index contributed by atoms with van der Waals surface area (Å²) < 4.78 is 5.02. The van der Waals surface area contributed by atoms with Gasteiger partial charge in [-0.1, -0.05) is 0 Å². The molecule has 3 heteroatoms. The zero-order valence-electron chi connectivity index (χ0n) is 9.97. The lowest BCUT2D eigenvalue weighted by atomic mass is 10.1. The van der Waals surface area contributed by atoms with Crippen molar-refractivity contribution in [2.45, 2.75) is 38.8 Å². The first kappa shape index (κ1) is 12.0. The van der Waals surface area contributed by atoms with Crippen LogP contribution < -0.4 is 5.32 Å². The number of methoxy groups -OCH3 is 1. The van der Waals surface area contributed by atoms with Crippen LogP contribution in [-0.2, 0) is 4.74 Å². The van der Waals surface area contributed by atoms with E-state index in [9.17, 15) is 0 Å². The van der Waals surface area contributed by atoms with Crippen molar-refractivity contribution in [2.24, 2.45) is 0 Å². The summed E-state index contributed by atoms with van der Waals surface area (Å²) in [7, 11) is 1.75. The van der Waals surface area contributed by atoms with Crippen molar-refractivity contribution < 1.29 is 4.74 Å². The number of nitrogens with zero attached hydrogens (tertiary/aromatic N) is 1. The molecule has 0 aromatic rings. The molecule has 1 aliphatic heterocycles. The SMILES string of the molecule is COCCNC1CCN(C(C)(C)C)C1. The Kier molecular flexibility index (Phi) is 4.35. The quantitative estimate of drug-likeness (QED) is 0.688. The fraction of sp³-hybridized carbons (Fsp3) is 1.00. The molecule has 0 aromatic carbocycles. The standard InChI is InChI=1S/C11H24N2O/c1-11(2,3)13-7-5-10(9-13)12-6-8-14-4/h10,12H,5-9H2,1-4H3. The maximum absolute atomic E-state index is 5.02. The average Bonchev–Trinajstić information content (AvgIpc) is 2.52. The Morgan fingerprint density at radius 2 is 2.14 bits per heavy atom. The van der Waals surface area contributed by atoms with Crippen molar-refractivity contribution in [1.29, 1.82) is 0 Å². The molecule has 1 saturated heterocycles. The zero-order chi connectivity index (χ0) is 10.6.